The van der Waals surface area contributed by atoms with Gasteiger partial charge >= 0.3 is 0 Å². The van der Waals surface area contributed by atoms with E-state index >= 15 is 0 Å². The SMILES string of the molecule is c1ccc2nc(-c3ccsc3)ncc2c1. The Bertz CT molecular complexity index is 587. The number of benzene rings is 1. The molecule has 2 nitrogen and oxygen atoms in total. The van der Waals surface area contributed by atoms with Crippen LogP contribution in [0.25, 0.3) is 22.3 Å². The largest absolute Gasteiger partial charge is 0.236 e. The van der Waals surface area contributed by atoms with Crippen LogP contribution in [0, 0.1) is 0 Å². The lowest BCUT2D eigenvalue weighted by atomic mass is 10.2. The van der Waals surface area contributed by atoms with Crippen LogP contribution < -0.4 is 0 Å². The monoisotopic (exact) mass is 212 g/mol. The van der Waals surface area contributed by atoms with Gasteiger partial charge in [-0.2, -0.15) is 11.3 Å². The predicted octanol–water partition coefficient (Wildman–Crippen LogP) is 3.36. The van der Waals surface area contributed by atoms with E-state index in [2.05, 4.69) is 15.3 Å². The van der Waals surface area contributed by atoms with Gasteiger partial charge in [-0.15, -0.1) is 0 Å². The van der Waals surface area contributed by atoms with Crippen molar-refractivity contribution in [3.8, 4) is 11.4 Å². The van der Waals surface area contributed by atoms with Crippen molar-refractivity contribution in [3.63, 3.8) is 0 Å². The zero-order chi connectivity index (χ0) is 10.1. The Kier molecular flexibility index (Phi) is 1.96. The van der Waals surface area contributed by atoms with Gasteiger partial charge in [0.05, 0.1) is 5.52 Å². The molecule has 15 heavy (non-hydrogen) atoms. The lowest BCUT2D eigenvalue weighted by Gasteiger charge is -1.99. The molecule has 0 unspecified atom stereocenters. The molecule has 3 rings (SSSR count). The third-order valence-corrected chi connectivity index (χ3v) is 2.95. The van der Waals surface area contributed by atoms with E-state index in [0.717, 1.165) is 22.3 Å². The number of fused-ring (bicyclic) bond motifs is 1. The van der Waals surface area contributed by atoms with E-state index < -0.39 is 0 Å². The van der Waals surface area contributed by atoms with Gasteiger partial charge in [0, 0.05) is 22.5 Å². The third-order valence-electron chi connectivity index (χ3n) is 2.27. The average molecular weight is 212 g/mol. The number of hydrogen-bond donors (Lipinski definition) is 0. The number of rotatable bonds is 1. The minimum absolute atomic E-state index is 0.801. The zero-order valence-corrected chi connectivity index (χ0v) is 8.74. The second kappa shape index (κ2) is 3.44. The molecule has 0 aliphatic carbocycles. The van der Waals surface area contributed by atoms with Crippen molar-refractivity contribution in [2.45, 2.75) is 0 Å². The maximum atomic E-state index is 4.51. The highest BCUT2D eigenvalue weighted by molar-refractivity contribution is 7.08. The van der Waals surface area contributed by atoms with Gasteiger partial charge in [0.15, 0.2) is 5.82 Å². The van der Waals surface area contributed by atoms with Crippen LogP contribution in [0.2, 0.25) is 0 Å². The average Bonchev–Trinajstić information content (AvgIpc) is 2.82. The lowest BCUT2D eigenvalue weighted by Crippen LogP contribution is -1.87. The van der Waals surface area contributed by atoms with Gasteiger partial charge in [0.25, 0.3) is 0 Å². The number of thiophene rings is 1. The van der Waals surface area contributed by atoms with Gasteiger partial charge in [-0.05, 0) is 17.5 Å². The van der Waals surface area contributed by atoms with Crippen LogP contribution in [0.3, 0.4) is 0 Å². The Morgan fingerprint density at radius 2 is 2.00 bits per heavy atom. The highest BCUT2D eigenvalue weighted by Crippen LogP contribution is 2.20. The van der Waals surface area contributed by atoms with Crippen LogP contribution in [0.1, 0.15) is 0 Å². The molecule has 1 aromatic carbocycles. The van der Waals surface area contributed by atoms with Gasteiger partial charge in [0.1, 0.15) is 0 Å². The van der Waals surface area contributed by atoms with Crippen molar-refractivity contribution < 1.29 is 0 Å². The molecule has 0 bridgehead atoms. The maximum Gasteiger partial charge on any atom is 0.160 e. The molecule has 0 N–H and O–H groups in total. The third kappa shape index (κ3) is 1.51. The molecule has 0 saturated heterocycles. The van der Waals surface area contributed by atoms with Gasteiger partial charge in [-0.1, -0.05) is 18.2 Å². The number of para-hydroxylation sites is 1. The van der Waals surface area contributed by atoms with Crippen LogP contribution in [-0.2, 0) is 0 Å². The number of hydrogen-bond acceptors (Lipinski definition) is 3. The molecular formula is C12H8N2S. The summed E-state index contributed by atoms with van der Waals surface area (Å²) in [5.41, 5.74) is 2.08. The highest BCUT2D eigenvalue weighted by Gasteiger charge is 2.02. The predicted molar refractivity (Wildman–Crippen MR) is 62.9 cm³/mol. The first-order valence-corrected chi connectivity index (χ1v) is 5.62. The van der Waals surface area contributed by atoms with Crippen LogP contribution in [0.5, 0.6) is 0 Å². The van der Waals surface area contributed by atoms with E-state index in [0.29, 0.717) is 0 Å². The van der Waals surface area contributed by atoms with Crippen molar-refractivity contribution in [1.29, 1.82) is 0 Å². The van der Waals surface area contributed by atoms with E-state index in [9.17, 15) is 0 Å². The molecule has 72 valence electrons. The second-order valence-electron chi connectivity index (χ2n) is 3.26. The Hall–Kier alpha value is -1.74. The van der Waals surface area contributed by atoms with E-state index in [4.69, 9.17) is 0 Å². The fraction of sp³-hybridized carbons (Fsp3) is 0. The molecule has 0 amide bonds. The molecule has 2 heterocycles. The van der Waals surface area contributed by atoms with Crippen molar-refractivity contribution in [3.05, 3.63) is 47.3 Å². The van der Waals surface area contributed by atoms with Crippen LogP contribution in [0.4, 0.5) is 0 Å². The van der Waals surface area contributed by atoms with Gasteiger partial charge in [-0.25, -0.2) is 9.97 Å². The molecule has 3 heteroatoms. The van der Waals surface area contributed by atoms with Crippen molar-refractivity contribution in [1.82, 2.24) is 9.97 Å². The minimum Gasteiger partial charge on any atom is -0.236 e. The summed E-state index contributed by atoms with van der Waals surface area (Å²) in [6.07, 6.45) is 1.87. The molecule has 0 atom stereocenters. The topological polar surface area (TPSA) is 25.8 Å². The molecule has 0 fully saturated rings. The second-order valence-corrected chi connectivity index (χ2v) is 4.04. The van der Waals surface area contributed by atoms with E-state index in [1.165, 1.54) is 0 Å². The summed E-state index contributed by atoms with van der Waals surface area (Å²) in [5.74, 6) is 0.801. The Labute approximate surface area is 91.2 Å². The molecule has 0 radical (unpaired) electrons. The van der Waals surface area contributed by atoms with Gasteiger partial charge < -0.3 is 0 Å². The molecule has 0 aliphatic heterocycles. The zero-order valence-electron chi connectivity index (χ0n) is 7.92. The molecule has 0 saturated carbocycles. The maximum absolute atomic E-state index is 4.51. The van der Waals surface area contributed by atoms with Gasteiger partial charge in [-0.3, -0.25) is 0 Å². The Balaban J connectivity index is 2.22. The molecular weight excluding hydrogens is 204 g/mol. The van der Waals surface area contributed by atoms with Crippen molar-refractivity contribution >= 4 is 22.2 Å². The highest BCUT2D eigenvalue weighted by atomic mass is 32.1. The van der Waals surface area contributed by atoms with Crippen LogP contribution in [-0.4, -0.2) is 9.97 Å². The summed E-state index contributed by atoms with van der Waals surface area (Å²) < 4.78 is 0. The fourth-order valence-corrected chi connectivity index (χ4v) is 2.14. The molecule has 0 spiro atoms. The smallest absolute Gasteiger partial charge is 0.160 e. The molecule has 3 aromatic rings. The van der Waals surface area contributed by atoms with E-state index in [1.807, 2.05) is 41.9 Å². The summed E-state index contributed by atoms with van der Waals surface area (Å²) in [6.45, 7) is 0. The van der Waals surface area contributed by atoms with Crippen LogP contribution in [0.15, 0.2) is 47.3 Å². The lowest BCUT2D eigenvalue weighted by molar-refractivity contribution is 1.23. The first-order chi connectivity index (χ1) is 7.43. The quantitative estimate of drug-likeness (QED) is 0.618. The van der Waals surface area contributed by atoms with Crippen molar-refractivity contribution in [2.75, 3.05) is 0 Å². The number of nitrogens with zero attached hydrogens (tertiary/aromatic N) is 2. The van der Waals surface area contributed by atoms with Gasteiger partial charge in [0.2, 0.25) is 0 Å². The summed E-state index contributed by atoms with van der Waals surface area (Å²) >= 11 is 1.66. The van der Waals surface area contributed by atoms with E-state index in [1.54, 1.807) is 11.3 Å². The first-order valence-electron chi connectivity index (χ1n) is 4.68. The molecule has 2 aromatic heterocycles. The first kappa shape index (κ1) is 8.56. The summed E-state index contributed by atoms with van der Waals surface area (Å²) in [5, 5.41) is 5.18. The standard InChI is InChI=1S/C12H8N2S/c1-2-4-11-9(3-1)7-13-12(14-11)10-5-6-15-8-10/h1-8H. The molecule has 0 aliphatic rings. The summed E-state index contributed by atoms with van der Waals surface area (Å²) in [4.78, 5) is 8.86. The number of aromatic nitrogens is 2. The normalized spacial score (nSPS) is 10.7. The summed E-state index contributed by atoms with van der Waals surface area (Å²) in [7, 11) is 0. The minimum atomic E-state index is 0.801. The Morgan fingerprint density at radius 3 is 2.87 bits per heavy atom. The van der Waals surface area contributed by atoms with E-state index in [-0.39, 0.29) is 0 Å². The van der Waals surface area contributed by atoms with Crippen LogP contribution >= 0.6 is 11.3 Å². The Morgan fingerprint density at radius 1 is 1.07 bits per heavy atom. The fourth-order valence-electron chi connectivity index (χ4n) is 1.50. The summed E-state index contributed by atoms with van der Waals surface area (Å²) in [6, 6.07) is 10.1. The van der Waals surface area contributed by atoms with Crippen molar-refractivity contribution in [2.24, 2.45) is 0 Å².